The second-order valence-electron chi connectivity index (χ2n) is 7.82. The quantitative estimate of drug-likeness (QED) is 0.724. The maximum Gasteiger partial charge on any atom is 0.410 e. The molecule has 9 heteroatoms. The highest BCUT2D eigenvalue weighted by molar-refractivity contribution is 7.99. The third-order valence-electron chi connectivity index (χ3n) is 6.11. The van der Waals surface area contributed by atoms with Gasteiger partial charge in [0.25, 0.3) is 0 Å². The van der Waals surface area contributed by atoms with E-state index in [4.69, 9.17) is 0 Å². The zero-order chi connectivity index (χ0) is 19.3. The monoisotopic (exact) mass is 428 g/mol. The molecule has 0 amide bonds. The van der Waals surface area contributed by atoms with Gasteiger partial charge in [-0.1, -0.05) is 6.07 Å². The number of hydrogen-bond donors (Lipinski definition) is 1. The standard InChI is InChI=1S/C19H23F3N4S2/c20-19(21,22)17-9-14(16-4-2-7-28-16)23-18-10-13(24-26(17)18)15-3-1-6-25(15)12-5-8-27-11-12/h2,4,7,10,12,14-15,17,23H,1,3,5-6,8-9,11H2/t12-,14+,15+,17-/m1/s1. The summed E-state index contributed by atoms with van der Waals surface area (Å²) in [6, 6.07) is 4.41. The van der Waals surface area contributed by atoms with Crippen LogP contribution in [-0.2, 0) is 0 Å². The molecule has 4 nitrogen and oxygen atoms in total. The van der Waals surface area contributed by atoms with Gasteiger partial charge in [0.05, 0.1) is 17.8 Å². The van der Waals surface area contributed by atoms with E-state index in [1.807, 2.05) is 35.3 Å². The Balaban J connectivity index is 1.47. The maximum atomic E-state index is 13.8. The molecular weight excluding hydrogens is 405 g/mol. The number of alkyl halides is 3. The first kappa shape index (κ1) is 18.8. The van der Waals surface area contributed by atoms with Gasteiger partial charge in [-0.3, -0.25) is 4.90 Å². The van der Waals surface area contributed by atoms with Gasteiger partial charge in [0.1, 0.15) is 5.82 Å². The van der Waals surface area contributed by atoms with Gasteiger partial charge in [0, 0.05) is 29.2 Å². The Kier molecular flexibility index (Phi) is 4.87. The van der Waals surface area contributed by atoms with Crippen molar-refractivity contribution in [3.8, 4) is 0 Å². The zero-order valence-corrected chi connectivity index (χ0v) is 17.0. The number of hydrogen-bond acceptors (Lipinski definition) is 5. The Morgan fingerprint density at radius 3 is 2.86 bits per heavy atom. The van der Waals surface area contributed by atoms with Crippen molar-refractivity contribution >= 4 is 28.9 Å². The van der Waals surface area contributed by atoms with Crippen LogP contribution in [0.4, 0.5) is 19.0 Å². The van der Waals surface area contributed by atoms with Crippen molar-refractivity contribution in [3.05, 3.63) is 34.2 Å². The summed E-state index contributed by atoms with van der Waals surface area (Å²) in [5, 5.41) is 9.73. The van der Waals surface area contributed by atoms with Crippen LogP contribution in [0.3, 0.4) is 0 Å². The molecule has 28 heavy (non-hydrogen) atoms. The molecule has 2 aromatic rings. The lowest BCUT2D eigenvalue weighted by Crippen LogP contribution is -2.36. The number of halogens is 3. The van der Waals surface area contributed by atoms with E-state index in [2.05, 4.69) is 15.3 Å². The van der Waals surface area contributed by atoms with Crippen molar-refractivity contribution in [2.24, 2.45) is 0 Å². The molecule has 3 aliphatic heterocycles. The third-order valence-corrected chi connectivity index (χ3v) is 8.24. The number of rotatable bonds is 3. The fourth-order valence-corrected chi connectivity index (χ4v) is 6.79. The van der Waals surface area contributed by atoms with Crippen molar-refractivity contribution in [2.75, 3.05) is 23.4 Å². The van der Waals surface area contributed by atoms with E-state index in [1.54, 1.807) is 0 Å². The molecule has 0 aliphatic carbocycles. The molecule has 0 unspecified atom stereocenters. The van der Waals surface area contributed by atoms with Crippen LogP contribution in [0.25, 0.3) is 0 Å². The number of anilines is 1. The summed E-state index contributed by atoms with van der Waals surface area (Å²) >= 11 is 3.46. The average molecular weight is 429 g/mol. The summed E-state index contributed by atoms with van der Waals surface area (Å²) in [5.74, 6) is 2.79. The van der Waals surface area contributed by atoms with Crippen molar-refractivity contribution in [2.45, 2.75) is 56.0 Å². The number of thioether (sulfide) groups is 1. The molecule has 0 aromatic carbocycles. The largest absolute Gasteiger partial charge is 0.410 e. The van der Waals surface area contributed by atoms with Gasteiger partial charge in [-0.25, -0.2) is 4.68 Å². The predicted octanol–water partition coefficient (Wildman–Crippen LogP) is 5.25. The van der Waals surface area contributed by atoms with Crippen LogP contribution in [0.5, 0.6) is 0 Å². The Morgan fingerprint density at radius 2 is 2.14 bits per heavy atom. The minimum atomic E-state index is -4.31. The van der Waals surface area contributed by atoms with Crippen LogP contribution in [0.1, 0.15) is 54.4 Å². The molecule has 152 valence electrons. The number of likely N-dealkylation sites (tertiary alicyclic amines) is 1. The molecule has 2 saturated heterocycles. The van der Waals surface area contributed by atoms with Gasteiger partial charge in [-0.15, -0.1) is 11.3 Å². The van der Waals surface area contributed by atoms with Gasteiger partial charge < -0.3 is 5.32 Å². The van der Waals surface area contributed by atoms with Crippen LogP contribution in [0.2, 0.25) is 0 Å². The van der Waals surface area contributed by atoms with Gasteiger partial charge in [-0.05, 0) is 43.0 Å². The molecule has 2 fully saturated rings. The van der Waals surface area contributed by atoms with E-state index >= 15 is 0 Å². The summed E-state index contributed by atoms with van der Waals surface area (Å²) < 4.78 is 42.7. The lowest BCUT2D eigenvalue weighted by Gasteiger charge is -2.32. The summed E-state index contributed by atoms with van der Waals surface area (Å²) in [5.41, 5.74) is 0.790. The van der Waals surface area contributed by atoms with Crippen LogP contribution < -0.4 is 5.32 Å². The first-order valence-electron chi connectivity index (χ1n) is 9.80. The number of fused-ring (bicyclic) bond motifs is 1. The van der Waals surface area contributed by atoms with E-state index < -0.39 is 12.2 Å². The number of nitrogens with zero attached hydrogens (tertiary/aromatic N) is 3. The smallest absolute Gasteiger partial charge is 0.363 e. The molecule has 0 saturated carbocycles. The van der Waals surface area contributed by atoms with Crippen molar-refractivity contribution in [3.63, 3.8) is 0 Å². The Hall–Kier alpha value is -1.19. The van der Waals surface area contributed by atoms with Crippen LogP contribution >= 0.6 is 23.1 Å². The lowest BCUT2D eigenvalue weighted by atomic mass is 10.0. The zero-order valence-electron chi connectivity index (χ0n) is 15.4. The van der Waals surface area contributed by atoms with E-state index in [9.17, 15) is 13.2 Å². The summed E-state index contributed by atoms with van der Waals surface area (Å²) in [4.78, 5) is 3.42. The van der Waals surface area contributed by atoms with Gasteiger partial charge in [-0.2, -0.15) is 30.0 Å². The van der Waals surface area contributed by atoms with Crippen molar-refractivity contribution < 1.29 is 13.2 Å². The normalized spacial score (nSPS) is 31.1. The molecule has 2 aromatic heterocycles. The topological polar surface area (TPSA) is 33.1 Å². The first-order valence-corrected chi connectivity index (χ1v) is 11.8. The van der Waals surface area contributed by atoms with E-state index in [1.165, 1.54) is 28.2 Å². The van der Waals surface area contributed by atoms with Crippen LogP contribution in [0.15, 0.2) is 23.6 Å². The van der Waals surface area contributed by atoms with Crippen LogP contribution in [-0.4, -0.2) is 44.9 Å². The highest BCUT2D eigenvalue weighted by atomic mass is 32.2. The molecule has 5 heterocycles. The minimum absolute atomic E-state index is 0.0220. The number of aromatic nitrogens is 2. The molecule has 5 rings (SSSR count). The number of nitrogens with one attached hydrogen (secondary N) is 1. The lowest BCUT2D eigenvalue weighted by molar-refractivity contribution is -0.173. The minimum Gasteiger partial charge on any atom is -0.363 e. The molecular formula is C19H23F3N4S2. The molecule has 0 radical (unpaired) electrons. The van der Waals surface area contributed by atoms with Gasteiger partial charge in [0.2, 0.25) is 0 Å². The van der Waals surface area contributed by atoms with Crippen LogP contribution in [0, 0.1) is 0 Å². The first-order chi connectivity index (χ1) is 13.5. The molecule has 4 atom stereocenters. The molecule has 0 spiro atoms. The van der Waals surface area contributed by atoms with Gasteiger partial charge in [0.15, 0.2) is 6.04 Å². The Labute approximate surface area is 170 Å². The third kappa shape index (κ3) is 3.35. The molecule has 3 aliphatic rings. The molecule has 0 bridgehead atoms. The number of thiophene rings is 1. The Morgan fingerprint density at radius 1 is 1.25 bits per heavy atom. The molecule has 1 N–H and O–H groups in total. The van der Waals surface area contributed by atoms with E-state index in [0.717, 1.165) is 35.7 Å². The highest BCUT2D eigenvalue weighted by Gasteiger charge is 2.47. The summed E-state index contributed by atoms with van der Waals surface area (Å²) in [6.07, 6.45) is -1.11. The van der Waals surface area contributed by atoms with Crippen molar-refractivity contribution in [1.82, 2.24) is 14.7 Å². The SMILES string of the molecule is FC(F)(F)[C@H]1C[C@@H](c2cccs2)Nc2cc([C@@H]3CCCN3[C@@H]3CCSC3)nn21. The van der Waals surface area contributed by atoms with E-state index in [0.29, 0.717) is 11.9 Å². The van der Waals surface area contributed by atoms with E-state index in [-0.39, 0.29) is 18.5 Å². The highest BCUT2D eigenvalue weighted by Crippen LogP contribution is 2.46. The second kappa shape index (κ2) is 7.25. The Bertz CT molecular complexity index is 814. The van der Waals surface area contributed by atoms with Gasteiger partial charge >= 0.3 is 6.18 Å². The van der Waals surface area contributed by atoms with Crippen molar-refractivity contribution in [1.29, 1.82) is 0 Å². The summed E-state index contributed by atoms with van der Waals surface area (Å²) in [6.45, 7) is 1.02. The fraction of sp³-hybridized carbons (Fsp3) is 0.632. The average Bonchev–Trinajstić information content (AvgIpc) is 3.47. The fourth-order valence-electron chi connectivity index (χ4n) is 4.76. The summed E-state index contributed by atoms with van der Waals surface area (Å²) in [7, 11) is 0. The maximum absolute atomic E-state index is 13.8. The second-order valence-corrected chi connectivity index (χ2v) is 9.95. The predicted molar refractivity (Wildman–Crippen MR) is 107 cm³/mol.